The number of methoxy groups -OCH3 is 3. The molecule has 0 radical (unpaired) electrons. The normalized spacial score (nSPS) is 10.8. The number of nitrogens with zero attached hydrogens (tertiary/aromatic N) is 1. The highest BCUT2D eigenvalue weighted by atomic mass is 16.5. The quantitative estimate of drug-likeness (QED) is 0.561. The van der Waals surface area contributed by atoms with Gasteiger partial charge >= 0.3 is 0 Å². The van der Waals surface area contributed by atoms with Crippen LogP contribution in [0.3, 0.4) is 0 Å². The number of anilines is 1. The van der Waals surface area contributed by atoms with Gasteiger partial charge in [0.15, 0.2) is 0 Å². The minimum atomic E-state index is -0.275. The first-order valence-electron chi connectivity index (χ1n) is 8.01. The lowest BCUT2D eigenvalue weighted by Gasteiger charge is -2.11. The van der Waals surface area contributed by atoms with Gasteiger partial charge in [0.1, 0.15) is 17.2 Å². The van der Waals surface area contributed by atoms with Gasteiger partial charge in [-0.25, -0.2) is 5.43 Å². The summed E-state index contributed by atoms with van der Waals surface area (Å²) >= 11 is 0. The molecule has 0 aliphatic rings. The Kier molecular flexibility index (Phi) is 6.84. The zero-order valence-corrected chi connectivity index (χ0v) is 15.3. The molecule has 0 bridgehead atoms. The molecule has 2 rings (SSSR count). The fourth-order valence-corrected chi connectivity index (χ4v) is 2.31. The lowest BCUT2D eigenvalue weighted by molar-refractivity contribution is -0.119. The number of carbonyl (C=O) groups excluding carboxylic acids is 1. The van der Waals surface area contributed by atoms with Crippen LogP contribution in [-0.2, 0) is 4.79 Å². The third-order valence-corrected chi connectivity index (χ3v) is 3.69. The van der Waals surface area contributed by atoms with E-state index in [1.165, 1.54) is 0 Å². The molecule has 2 N–H and O–H groups in total. The van der Waals surface area contributed by atoms with Crippen molar-refractivity contribution in [3.05, 3.63) is 48.0 Å². The SMILES string of the molecule is COc1ccc(/C(C)=N\NC(=O)CNc2ccccc2OC)c(OC)c1. The summed E-state index contributed by atoms with van der Waals surface area (Å²) in [5, 5.41) is 7.16. The van der Waals surface area contributed by atoms with Crippen molar-refractivity contribution < 1.29 is 19.0 Å². The third kappa shape index (κ3) is 4.89. The summed E-state index contributed by atoms with van der Waals surface area (Å²) < 4.78 is 15.8. The summed E-state index contributed by atoms with van der Waals surface area (Å²) in [6.07, 6.45) is 0. The molecule has 0 unspecified atom stereocenters. The second-order valence-corrected chi connectivity index (χ2v) is 5.35. The molecule has 0 aliphatic heterocycles. The Bertz CT molecular complexity index is 790. The number of hydrazone groups is 1. The Balaban J connectivity index is 1.99. The van der Waals surface area contributed by atoms with Crippen LogP contribution < -0.4 is 25.0 Å². The summed E-state index contributed by atoms with van der Waals surface area (Å²) in [6.45, 7) is 1.86. The van der Waals surface area contributed by atoms with Crippen molar-refractivity contribution in [3.63, 3.8) is 0 Å². The van der Waals surface area contributed by atoms with Crippen LogP contribution in [0.4, 0.5) is 5.69 Å². The zero-order valence-electron chi connectivity index (χ0n) is 15.3. The van der Waals surface area contributed by atoms with E-state index in [1.54, 1.807) is 34.3 Å². The molecular weight excluding hydrogens is 334 g/mol. The number of hydrogen-bond donors (Lipinski definition) is 2. The van der Waals surface area contributed by atoms with E-state index >= 15 is 0 Å². The van der Waals surface area contributed by atoms with Crippen LogP contribution in [0, 0.1) is 0 Å². The van der Waals surface area contributed by atoms with E-state index in [4.69, 9.17) is 14.2 Å². The average molecular weight is 357 g/mol. The van der Waals surface area contributed by atoms with Crippen molar-refractivity contribution in [2.24, 2.45) is 5.10 Å². The van der Waals surface area contributed by atoms with Crippen LogP contribution in [0.1, 0.15) is 12.5 Å². The summed E-state index contributed by atoms with van der Waals surface area (Å²) in [4.78, 5) is 12.0. The van der Waals surface area contributed by atoms with E-state index in [2.05, 4.69) is 15.8 Å². The first-order valence-corrected chi connectivity index (χ1v) is 8.01. The van der Waals surface area contributed by atoms with Crippen LogP contribution in [0.25, 0.3) is 0 Å². The Morgan fingerprint density at radius 2 is 1.73 bits per heavy atom. The van der Waals surface area contributed by atoms with E-state index in [-0.39, 0.29) is 12.5 Å². The van der Waals surface area contributed by atoms with E-state index in [1.807, 2.05) is 36.4 Å². The van der Waals surface area contributed by atoms with Gasteiger partial charge in [-0.1, -0.05) is 12.1 Å². The average Bonchev–Trinajstić information content (AvgIpc) is 2.69. The highest BCUT2D eigenvalue weighted by Crippen LogP contribution is 2.25. The number of amides is 1. The molecule has 2 aromatic rings. The molecule has 138 valence electrons. The first kappa shape index (κ1) is 19.1. The lowest BCUT2D eigenvalue weighted by Crippen LogP contribution is -2.27. The lowest BCUT2D eigenvalue weighted by atomic mass is 10.1. The fourth-order valence-electron chi connectivity index (χ4n) is 2.31. The smallest absolute Gasteiger partial charge is 0.259 e. The molecule has 0 aliphatic carbocycles. The van der Waals surface area contributed by atoms with Crippen LogP contribution in [0.5, 0.6) is 17.2 Å². The number of carbonyl (C=O) groups is 1. The van der Waals surface area contributed by atoms with Gasteiger partial charge in [-0.3, -0.25) is 4.79 Å². The van der Waals surface area contributed by atoms with Crippen molar-refractivity contribution in [1.29, 1.82) is 0 Å². The van der Waals surface area contributed by atoms with E-state index in [0.29, 0.717) is 23.0 Å². The van der Waals surface area contributed by atoms with Crippen molar-refractivity contribution in [2.75, 3.05) is 33.2 Å². The largest absolute Gasteiger partial charge is 0.497 e. The van der Waals surface area contributed by atoms with Crippen molar-refractivity contribution in [2.45, 2.75) is 6.92 Å². The molecule has 7 nitrogen and oxygen atoms in total. The zero-order chi connectivity index (χ0) is 18.9. The highest BCUT2D eigenvalue weighted by molar-refractivity contribution is 6.01. The molecule has 0 spiro atoms. The highest BCUT2D eigenvalue weighted by Gasteiger charge is 2.09. The molecule has 2 aromatic carbocycles. The summed E-state index contributed by atoms with van der Waals surface area (Å²) in [5.41, 5.74) is 4.66. The number of rotatable bonds is 8. The minimum absolute atomic E-state index is 0.0664. The Hall–Kier alpha value is -3.22. The predicted octanol–water partition coefficient (Wildman–Crippen LogP) is 2.66. The van der Waals surface area contributed by atoms with Crippen LogP contribution in [0.2, 0.25) is 0 Å². The topological polar surface area (TPSA) is 81.2 Å². The molecule has 1 amide bonds. The maximum atomic E-state index is 12.0. The van der Waals surface area contributed by atoms with Gasteiger partial charge in [-0.05, 0) is 31.2 Å². The number of para-hydroxylation sites is 2. The maximum Gasteiger partial charge on any atom is 0.259 e. The number of ether oxygens (including phenoxy) is 3. The van der Waals surface area contributed by atoms with Crippen molar-refractivity contribution >= 4 is 17.3 Å². The van der Waals surface area contributed by atoms with Gasteiger partial charge in [0, 0.05) is 11.6 Å². The summed E-state index contributed by atoms with van der Waals surface area (Å²) in [6, 6.07) is 12.8. The van der Waals surface area contributed by atoms with E-state index < -0.39 is 0 Å². The van der Waals surface area contributed by atoms with Crippen LogP contribution in [0.15, 0.2) is 47.6 Å². The molecule has 26 heavy (non-hydrogen) atoms. The molecule has 0 saturated carbocycles. The third-order valence-electron chi connectivity index (χ3n) is 3.69. The molecule has 0 aromatic heterocycles. The van der Waals surface area contributed by atoms with Gasteiger partial charge in [0.25, 0.3) is 5.91 Å². The Morgan fingerprint density at radius 3 is 2.42 bits per heavy atom. The number of benzene rings is 2. The molecule has 0 atom stereocenters. The van der Waals surface area contributed by atoms with Gasteiger partial charge in [0.2, 0.25) is 0 Å². The monoisotopic (exact) mass is 357 g/mol. The van der Waals surface area contributed by atoms with E-state index in [0.717, 1.165) is 11.3 Å². The minimum Gasteiger partial charge on any atom is -0.497 e. The summed E-state index contributed by atoms with van der Waals surface area (Å²) in [5.74, 6) is 1.70. The van der Waals surface area contributed by atoms with E-state index in [9.17, 15) is 4.79 Å². The standard InChI is InChI=1S/C19H23N3O4/c1-13(15-10-9-14(24-2)11-18(15)26-4)21-22-19(23)12-20-16-7-5-6-8-17(16)25-3/h5-11,20H,12H2,1-4H3,(H,22,23)/b21-13-. The second kappa shape index (κ2) is 9.31. The van der Waals surface area contributed by atoms with Crippen molar-refractivity contribution in [1.82, 2.24) is 5.43 Å². The van der Waals surface area contributed by atoms with Gasteiger partial charge in [0.05, 0.1) is 39.3 Å². The molecule has 0 fully saturated rings. The predicted molar refractivity (Wildman–Crippen MR) is 101 cm³/mol. The van der Waals surface area contributed by atoms with Crippen LogP contribution >= 0.6 is 0 Å². The molecular formula is C19H23N3O4. The fraction of sp³-hybridized carbons (Fsp3) is 0.263. The first-order chi connectivity index (χ1) is 12.6. The molecule has 0 saturated heterocycles. The Labute approximate surface area is 153 Å². The van der Waals surface area contributed by atoms with Crippen molar-refractivity contribution in [3.8, 4) is 17.2 Å². The van der Waals surface area contributed by atoms with Gasteiger partial charge in [-0.2, -0.15) is 5.10 Å². The van der Waals surface area contributed by atoms with Gasteiger partial charge in [-0.15, -0.1) is 0 Å². The number of hydrogen-bond acceptors (Lipinski definition) is 6. The molecule has 7 heteroatoms. The number of nitrogens with one attached hydrogen (secondary N) is 2. The Morgan fingerprint density at radius 1 is 1.00 bits per heavy atom. The maximum absolute atomic E-state index is 12.0. The van der Waals surface area contributed by atoms with Crippen LogP contribution in [-0.4, -0.2) is 39.5 Å². The van der Waals surface area contributed by atoms with Gasteiger partial charge < -0.3 is 19.5 Å². The summed E-state index contributed by atoms with van der Waals surface area (Å²) in [7, 11) is 4.74. The molecule has 0 heterocycles. The second-order valence-electron chi connectivity index (χ2n) is 5.35.